The van der Waals surface area contributed by atoms with Crippen LogP contribution in [0.15, 0.2) is 30.6 Å². The molecule has 0 bridgehead atoms. The van der Waals surface area contributed by atoms with Crippen molar-refractivity contribution < 1.29 is 9.13 Å². The number of halogens is 1. The van der Waals surface area contributed by atoms with Crippen LogP contribution in [0, 0.1) is 17.3 Å². The van der Waals surface area contributed by atoms with Crippen molar-refractivity contribution in [3.8, 4) is 11.8 Å². The zero-order chi connectivity index (χ0) is 13.0. The number of anilines is 2. The molecular formula is C12H9FN4O. The molecular weight excluding hydrogens is 235 g/mol. The first kappa shape index (κ1) is 11.8. The van der Waals surface area contributed by atoms with Gasteiger partial charge in [0.1, 0.15) is 29.7 Å². The Hall–Kier alpha value is -2.68. The molecule has 1 aromatic heterocycles. The third kappa shape index (κ3) is 2.35. The van der Waals surface area contributed by atoms with Crippen LogP contribution in [0.5, 0.6) is 5.75 Å². The summed E-state index contributed by atoms with van der Waals surface area (Å²) in [6.07, 6.45) is 1.10. The van der Waals surface area contributed by atoms with Gasteiger partial charge in [-0.3, -0.25) is 0 Å². The molecule has 0 saturated carbocycles. The number of nitriles is 1. The van der Waals surface area contributed by atoms with E-state index in [0.717, 1.165) is 12.4 Å². The zero-order valence-electron chi connectivity index (χ0n) is 9.51. The summed E-state index contributed by atoms with van der Waals surface area (Å²) in [7, 11) is 1.49. The maximum Gasteiger partial charge on any atom is 0.218 e. The largest absolute Gasteiger partial charge is 0.495 e. The number of rotatable bonds is 3. The number of nitrogens with one attached hydrogen (secondary N) is 1. The Morgan fingerprint density at radius 3 is 2.89 bits per heavy atom. The van der Waals surface area contributed by atoms with Crippen LogP contribution in [0.3, 0.4) is 0 Å². The molecule has 0 aliphatic heterocycles. The standard InChI is InChI=1S/C12H9FN4O/c1-18-9-4-2-3-8(6-14)12(9)17-11-5-10(13)15-7-16-11/h2-5,7H,1H3,(H,15,16,17). The van der Waals surface area contributed by atoms with Gasteiger partial charge in [0.15, 0.2) is 0 Å². The third-order valence-electron chi connectivity index (χ3n) is 2.25. The summed E-state index contributed by atoms with van der Waals surface area (Å²) in [5, 5.41) is 11.9. The lowest BCUT2D eigenvalue weighted by Gasteiger charge is -2.11. The van der Waals surface area contributed by atoms with E-state index in [0.29, 0.717) is 17.0 Å². The number of methoxy groups -OCH3 is 1. The average molecular weight is 244 g/mol. The number of nitrogens with zero attached hydrogens (tertiary/aromatic N) is 3. The Morgan fingerprint density at radius 1 is 1.39 bits per heavy atom. The van der Waals surface area contributed by atoms with E-state index in [9.17, 15) is 4.39 Å². The van der Waals surface area contributed by atoms with E-state index in [1.54, 1.807) is 18.2 Å². The van der Waals surface area contributed by atoms with Crippen molar-refractivity contribution >= 4 is 11.5 Å². The number of hydrogen-bond acceptors (Lipinski definition) is 5. The molecule has 0 aliphatic rings. The van der Waals surface area contributed by atoms with Gasteiger partial charge in [0, 0.05) is 6.07 Å². The van der Waals surface area contributed by atoms with Gasteiger partial charge >= 0.3 is 0 Å². The number of ether oxygens (including phenoxy) is 1. The highest BCUT2D eigenvalue weighted by Crippen LogP contribution is 2.30. The monoisotopic (exact) mass is 244 g/mol. The summed E-state index contributed by atoms with van der Waals surface area (Å²) in [6.45, 7) is 0. The molecule has 0 amide bonds. The molecule has 0 aliphatic carbocycles. The molecule has 0 fully saturated rings. The summed E-state index contributed by atoms with van der Waals surface area (Å²) in [6, 6.07) is 8.18. The van der Waals surface area contributed by atoms with Crippen molar-refractivity contribution in [1.82, 2.24) is 9.97 Å². The Labute approximate surface area is 103 Å². The fourth-order valence-electron chi connectivity index (χ4n) is 1.45. The molecule has 5 nitrogen and oxygen atoms in total. The van der Waals surface area contributed by atoms with E-state index < -0.39 is 5.95 Å². The van der Waals surface area contributed by atoms with Crippen LogP contribution in [0.4, 0.5) is 15.9 Å². The SMILES string of the molecule is COc1cccc(C#N)c1Nc1cc(F)ncn1. The quantitative estimate of drug-likeness (QED) is 0.838. The van der Waals surface area contributed by atoms with E-state index in [4.69, 9.17) is 10.00 Å². The van der Waals surface area contributed by atoms with Gasteiger partial charge in [-0.1, -0.05) is 6.07 Å². The first-order valence-electron chi connectivity index (χ1n) is 5.06. The van der Waals surface area contributed by atoms with E-state index >= 15 is 0 Å². The minimum absolute atomic E-state index is 0.253. The molecule has 2 aromatic rings. The molecule has 0 spiro atoms. The highest BCUT2D eigenvalue weighted by Gasteiger charge is 2.10. The molecule has 0 saturated heterocycles. The van der Waals surface area contributed by atoms with Gasteiger partial charge in [0.25, 0.3) is 0 Å². The summed E-state index contributed by atoms with van der Waals surface area (Å²) < 4.78 is 18.1. The molecule has 2 rings (SSSR count). The van der Waals surface area contributed by atoms with Crippen molar-refractivity contribution in [3.05, 3.63) is 42.1 Å². The van der Waals surface area contributed by atoms with Gasteiger partial charge in [-0.05, 0) is 12.1 Å². The van der Waals surface area contributed by atoms with Gasteiger partial charge in [0.05, 0.1) is 12.7 Å². The number of aromatic nitrogens is 2. The predicted molar refractivity (Wildman–Crippen MR) is 63.0 cm³/mol. The van der Waals surface area contributed by atoms with E-state index in [-0.39, 0.29) is 5.82 Å². The summed E-state index contributed by atoms with van der Waals surface area (Å²) in [5.41, 5.74) is 0.828. The maximum absolute atomic E-state index is 12.9. The fourth-order valence-corrected chi connectivity index (χ4v) is 1.45. The minimum Gasteiger partial charge on any atom is -0.495 e. The first-order valence-corrected chi connectivity index (χ1v) is 5.06. The molecule has 6 heteroatoms. The van der Waals surface area contributed by atoms with Gasteiger partial charge in [-0.15, -0.1) is 0 Å². The van der Waals surface area contributed by atoms with E-state index in [2.05, 4.69) is 15.3 Å². The van der Waals surface area contributed by atoms with Gasteiger partial charge in [-0.2, -0.15) is 9.65 Å². The molecule has 1 aromatic carbocycles. The lowest BCUT2D eigenvalue weighted by atomic mass is 10.2. The molecule has 0 unspecified atom stereocenters. The van der Waals surface area contributed by atoms with Crippen molar-refractivity contribution in [3.63, 3.8) is 0 Å². The lowest BCUT2D eigenvalue weighted by molar-refractivity contribution is 0.416. The average Bonchev–Trinajstić information content (AvgIpc) is 2.39. The highest BCUT2D eigenvalue weighted by atomic mass is 19.1. The van der Waals surface area contributed by atoms with E-state index in [1.165, 1.54) is 7.11 Å². The van der Waals surface area contributed by atoms with Crippen molar-refractivity contribution in [2.45, 2.75) is 0 Å². The normalized spacial score (nSPS) is 9.61. The van der Waals surface area contributed by atoms with Crippen molar-refractivity contribution in [1.29, 1.82) is 5.26 Å². The van der Waals surface area contributed by atoms with Crippen LogP contribution >= 0.6 is 0 Å². The molecule has 1 heterocycles. The summed E-state index contributed by atoms with van der Waals surface area (Å²) in [5.74, 6) is 0.0810. The zero-order valence-corrected chi connectivity index (χ0v) is 9.51. The molecule has 18 heavy (non-hydrogen) atoms. The second-order valence-electron chi connectivity index (χ2n) is 3.35. The second-order valence-corrected chi connectivity index (χ2v) is 3.35. The number of hydrogen-bond donors (Lipinski definition) is 1. The molecule has 0 radical (unpaired) electrons. The summed E-state index contributed by atoms with van der Waals surface area (Å²) >= 11 is 0. The topological polar surface area (TPSA) is 70.8 Å². The Morgan fingerprint density at radius 2 is 2.22 bits per heavy atom. The molecule has 0 atom stereocenters. The molecule has 90 valence electrons. The minimum atomic E-state index is -0.652. The smallest absolute Gasteiger partial charge is 0.218 e. The van der Waals surface area contributed by atoms with Crippen LogP contribution in [-0.2, 0) is 0 Å². The summed E-state index contributed by atoms with van der Waals surface area (Å²) in [4.78, 5) is 7.21. The highest BCUT2D eigenvalue weighted by molar-refractivity contribution is 5.71. The lowest BCUT2D eigenvalue weighted by Crippen LogP contribution is -2.00. The third-order valence-corrected chi connectivity index (χ3v) is 2.25. The van der Waals surface area contributed by atoms with Crippen molar-refractivity contribution in [2.75, 3.05) is 12.4 Å². The van der Waals surface area contributed by atoms with Crippen LogP contribution < -0.4 is 10.1 Å². The number of para-hydroxylation sites is 1. The van der Waals surface area contributed by atoms with Gasteiger partial charge in [-0.25, -0.2) is 9.97 Å². The van der Waals surface area contributed by atoms with Crippen LogP contribution in [0.25, 0.3) is 0 Å². The van der Waals surface area contributed by atoms with Gasteiger partial charge in [0.2, 0.25) is 5.95 Å². The maximum atomic E-state index is 12.9. The Kier molecular flexibility index (Phi) is 3.34. The van der Waals surface area contributed by atoms with Crippen LogP contribution in [-0.4, -0.2) is 17.1 Å². The van der Waals surface area contributed by atoms with Crippen molar-refractivity contribution in [2.24, 2.45) is 0 Å². The molecule has 1 N–H and O–H groups in total. The Bertz CT molecular complexity index is 609. The van der Waals surface area contributed by atoms with Crippen LogP contribution in [0.1, 0.15) is 5.56 Å². The Balaban J connectivity index is 2.42. The predicted octanol–water partition coefficient (Wildman–Crippen LogP) is 2.24. The van der Waals surface area contributed by atoms with Crippen LogP contribution in [0.2, 0.25) is 0 Å². The fraction of sp³-hybridized carbons (Fsp3) is 0.0833. The van der Waals surface area contributed by atoms with E-state index in [1.807, 2.05) is 6.07 Å². The number of benzene rings is 1. The second kappa shape index (κ2) is 5.10. The van der Waals surface area contributed by atoms with Gasteiger partial charge < -0.3 is 10.1 Å². The first-order chi connectivity index (χ1) is 8.74.